The highest BCUT2D eigenvalue weighted by atomic mass is 16.1. The van der Waals surface area contributed by atoms with E-state index in [1.54, 1.807) is 6.92 Å². The number of rotatable bonds is 5. The van der Waals surface area contributed by atoms with Crippen molar-refractivity contribution in [1.82, 2.24) is 0 Å². The first kappa shape index (κ1) is 16.7. The molecule has 1 nitrogen and oxygen atoms in total. The second kappa shape index (κ2) is 6.39. The number of hydrogen-bond acceptors (Lipinski definition) is 1. The molecule has 1 heteroatoms. The van der Waals surface area contributed by atoms with E-state index in [0.29, 0.717) is 6.42 Å². The normalized spacial score (nSPS) is 12.9. The SMILES string of the molecule is CC(=O)CCC(C)(C)/C=C/c1ccc(C(C)(C)C)cc1. The number of carbonyl (C=O) groups excluding carboxylic acids is 1. The average Bonchev–Trinajstić information content (AvgIpc) is 2.34. The molecule has 0 N–H and O–H groups in total. The first-order valence-corrected chi connectivity index (χ1v) is 7.39. The number of Topliss-reactive ketones (excluding diaryl/α,β-unsaturated/α-hetero) is 1. The lowest BCUT2D eigenvalue weighted by Gasteiger charge is -2.20. The average molecular weight is 272 g/mol. The van der Waals surface area contributed by atoms with E-state index in [1.807, 2.05) is 0 Å². The first-order valence-electron chi connectivity index (χ1n) is 7.39. The van der Waals surface area contributed by atoms with E-state index in [0.717, 1.165) is 6.42 Å². The van der Waals surface area contributed by atoms with Gasteiger partial charge in [0.05, 0.1) is 0 Å². The summed E-state index contributed by atoms with van der Waals surface area (Å²) in [5, 5.41) is 0. The predicted molar refractivity (Wildman–Crippen MR) is 87.9 cm³/mol. The standard InChI is InChI=1S/C19H28O/c1-15(20)11-13-19(5,6)14-12-16-7-9-17(10-8-16)18(2,3)4/h7-10,12,14H,11,13H2,1-6H3/b14-12+. The molecule has 20 heavy (non-hydrogen) atoms. The van der Waals surface area contributed by atoms with Crippen molar-refractivity contribution in [3.05, 3.63) is 41.5 Å². The van der Waals surface area contributed by atoms with E-state index in [2.05, 4.69) is 71.0 Å². The van der Waals surface area contributed by atoms with Crippen LogP contribution in [-0.2, 0) is 10.2 Å². The summed E-state index contributed by atoms with van der Waals surface area (Å²) in [6, 6.07) is 8.72. The molecule has 0 aliphatic carbocycles. The maximum absolute atomic E-state index is 11.1. The Hall–Kier alpha value is -1.37. The van der Waals surface area contributed by atoms with E-state index in [1.165, 1.54) is 11.1 Å². The maximum Gasteiger partial charge on any atom is 0.129 e. The van der Waals surface area contributed by atoms with Crippen molar-refractivity contribution in [3.8, 4) is 0 Å². The number of carbonyl (C=O) groups is 1. The van der Waals surface area contributed by atoms with E-state index < -0.39 is 0 Å². The minimum absolute atomic E-state index is 0.0639. The second-order valence-electron chi connectivity index (χ2n) is 7.40. The fourth-order valence-corrected chi connectivity index (χ4v) is 2.00. The van der Waals surface area contributed by atoms with Crippen LogP contribution in [0.2, 0.25) is 0 Å². The third-order valence-corrected chi connectivity index (χ3v) is 3.63. The zero-order valence-corrected chi connectivity index (χ0v) is 13.8. The molecule has 0 heterocycles. The van der Waals surface area contributed by atoms with Gasteiger partial charge >= 0.3 is 0 Å². The van der Waals surface area contributed by atoms with Crippen LogP contribution in [0.5, 0.6) is 0 Å². The number of ketones is 1. The molecule has 0 spiro atoms. The number of benzene rings is 1. The van der Waals surface area contributed by atoms with Crippen molar-refractivity contribution in [3.63, 3.8) is 0 Å². The monoisotopic (exact) mass is 272 g/mol. The quantitative estimate of drug-likeness (QED) is 0.702. The molecule has 0 atom stereocenters. The summed E-state index contributed by atoms with van der Waals surface area (Å²) in [7, 11) is 0. The van der Waals surface area contributed by atoms with Crippen LogP contribution in [0.1, 0.15) is 65.5 Å². The maximum atomic E-state index is 11.1. The summed E-state index contributed by atoms with van der Waals surface area (Å²) in [4.78, 5) is 11.1. The first-order chi connectivity index (χ1) is 9.10. The van der Waals surface area contributed by atoms with Gasteiger partial charge in [0, 0.05) is 6.42 Å². The van der Waals surface area contributed by atoms with Crippen LogP contribution in [0, 0.1) is 5.41 Å². The Kier molecular flexibility index (Phi) is 5.33. The van der Waals surface area contributed by atoms with Crippen molar-refractivity contribution in [1.29, 1.82) is 0 Å². The van der Waals surface area contributed by atoms with Crippen molar-refractivity contribution >= 4 is 11.9 Å². The fourth-order valence-electron chi connectivity index (χ4n) is 2.00. The Morgan fingerprint density at radius 1 is 1.05 bits per heavy atom. The van der Waals surface area contributed by atoms with Crippen molar-refractivity contribution in [2.45, 2.75) is 59.8 Å². The Labute approximate surface area is 124 Å². The largest absolute Gasteiger partial charge is 0.300 e. The molecular weight excluding hydrogens is 244 g/mol. The molecule has 0 aliphatic heterocycles. The number of hydrogen-bond donors (Lipinski definition) is 0. The zero-order chi connectivity index (χ0) is 15.4. The summed E-state index contributed by atoms with van der Waals surface area (Å²) < 4.78 is 0. The van der Waals surface area contributed by atoms with Crippen LogP contribution in [0.3, 0.4) is 0 Å². The Morgan fingerprint density at radius 3 is 2.05 bits per heavy atom. The minimum atomic E-state index is 0.0639. The summed E-state index contributed by atoms with van der Waals surface area (Å²) in [5.74, 6) is 0.265. The third kappa shape index (κ3) is 5.73. The molecule has 110 valence electrons. The molecule has 0 amide bonds. The van der Waals surface area contributed by atoms with Gasteiger partial charge in [-0.3, -0.25) is 0 Å². The van der Waals surface area contributed by atoms with E-state index in [9.17, 15) is 4.79 Å². The van der Waals surface area contributed by atoms with Gasteiger partial charge in [-0.1, -0.05) is 71.0 Å². The van der Waals surface area contributed by atoms with Crippen LogP contribution in [0.25, 0.3) is 6.08 Å². The lowest BCUT2D eigenvalue weighted by atomic mass is 9.85. The zero-order valence-electron chi connectivity index (χ0n) is 13.8. The summed E-state index contributed by atoms with van der Waals surface area (Å²) in [6.45, 7) is 12.7. The summed E-state index contributed by atoms with van der Waals surface area (Å²) >= 11 is 0. The summed E-state index contributed by atoms with van der Waals surface area (Å²) in [5.41, 5.74) is 2.83. The highest BCUT2D eigenvalue weighted by Crippen LogP contribution is 2.26. The van der Waals surface area contributed by atoms with Gasteiger partial charge in [-0.2, -0.15) is 0 Å². The van der Waals surface area contributed by atoms with Crippen molar-refractivity contribution in [2.75, 3.05) is 0 Å². The lowest BCUT2D eigenvalue weighted by molar-refractivity contribution is -0.117. The smallest absolute Gasteiger partial charge is 0.129 e. The van der Waals surface area contributed by atoms with Gasteiger partial charge in [-0.05, 0) is 35.3 Å². The summed E-state index contributed by atoms with van der Waals surface area (Å²) in [6.07, 6.45) is 5.92. The van der Waals surface area contributed by atoms with Gasteiger partial charge in [0.2, 0.25) is 0 Å². The van der Waals surface area contributed by atoms with Gasteiger partial charge in [0.15, 0.2) is 0 Å². The Morgan fingerprint density at radius 2 is 1.60 bits per heavy atom. The molecule has 0 radical (unpaired) electrons. The van der Waals surface area contributed by atoms with Gasteiger partial charge in [0.25, 0.3) is 0 Å². The lowest BCUT2D eigenvalue weighted by Crippen LogP contribution is -2.10. The molecule has 0 fully saturated rings. The molecule has 1 aromatic rings. The van der Waals surface area contributed by atoms with Crippen LogP contribution in [0.4, 0.5) is 0 Å². The molecular formula is C19H28O. The predicted octanol–water partition coefficient (Wildman–Crippen LogP) is 5.39. The van der Waals surface area contributed by atoms with Crippen LogP contribution >= 0.6 is 0 Å². The van der Waals surface area contributed by atoms with Gasteiger partial charge < -0.3 is 4.79 Å². The van der Waals surface area contributed by atoms with Gasteiger partial charge in [0.1, 0.15) is 5.78 Å². The van der Waals surface area contributed by atoms with Gasteiger partial charge in [-0.25, -0.2) is 0 Å². The van der Waals surface area contributed by atoms with Crippen LogP contribution in [-0.4, -0.2) is 5.78 Å². The molecule has 1 rings (SSSR count). The van der Waals surface area contributed by atoms with E-state index >= 15 is 0 Å². The molecule has 0 unspecified atom stereocenters. The van der Waals surface area contributed by atoms with E-state index in [4.69, 9.17) is 0 Å². The van der Waals surface area contributed by atoms with E-state index in [-0.39, 0.29) is 16.6 Å². The van der Waals surface area contributed by atoms with Gasteiger partial charge in [-0.15, -0.1) is 0 Å². The second-order valence-corrected chi connectivity index (χ2v) is 7.40. The molecule has 0 aromatic heterocycles. The topological polar surface area (TPSA) is 17.1 Å². The third-order valence-electron chi connectivity index (χ3n) is 3.63. The van der Waals surface area contributed by atoms with Crippen LogP contribution in [0.15, 0.2) is 30.3 Å². The molecule has 0 bridgehead atoms. The molecule has 0 aliphatic rings. The van der Waals surface area contributed by atoms with Crippen molar-refractivity contribution in [2.24, 2.45) is 5.41 Å². The molecule has 0 saturated carbocycles. The Balaban J connectivity index is 2.73. The highest BCUT2D eigenvalue weighted by molar-refractivity contribution is 5.75. The molecule has 1 aromatic carbocycles. The van der Waals surface area contributed by atoms with Crippen LogP contribution < -0.4 is 0 Å². The fraction of sp³-hybridized carbons (Fsp3) is 0.526. The molecule has 0 saturated heterocycles. The highest BCUT2D eigenvalue weighted by Gasteiger charge is 2.15. The minimum Gasteiger partial charge on any atom is -0.300 e. The Bertz CT molecular complexity index is 469. The van der Waals surface area contributed by atoms with Crippen molar-refractivity contribution < 1.29 is 4.79 Å². The number of allylic oxidation sites excluding steroid dienone is 1.